The maximum Gasteiger partial charge on any atom is 0.358 e. The number of aromatic nitrogens is 1. The molecule has 1 aromatic rings. The van der Waals surface area contributed by atoms with Crippen molar-refractivity contribution in [3.05, 3.63) is 23.9 Å². The highest BCUT2D eigenvalue weighted by molar-refractivity contribution is 6.43. The summed E-state index contributed by atoms with van der Waals surface area (Å²) < 4.78 is 0. The second-order valence-corrected chi connectivity index (χ2v) is 2.59. The Morgan fingerprint density at radius 1 is 1.69 bits per heavy atom. The number of carboxylic acids is 1. The lowest BCUT2D eigenvalue weighted by molar-refractivity contribution is -0.129. The topological polar surface area (TPSA) is 101 Å². The first kappa shape index (κ1) is 11.6. The van der Waals surface area contributed by atoms with Crippen LogP contribution in [0.4, 0.5) is 5.82 Å². The molecular formula is C9H9N3O4. The molecule has 1 heterocycles. The molecule has 0 aromatic carbocycles. The summed E-state index contributed by atoms with van der Waals surface area (Å²) in [6, 6.07) is 2.99. The molecule has 0 aliphatic carbocycles. The van der Waals surface area contributed by atoms with Crippen LogP contribution in [0.2, 0.25) is 0 Å². The van der Waals surface area contributed by atoms with Crippen molar-refractivity contribution in [3.8, 4) is 0 Å². The zero-order valence-corrected chi connectivity index (χ0v) is 8.38. The van der Waals surface area contributed by atoms with Crippen LogP contribution in [0, 0.1) is 0 Å². The summed E-state index contributed by atoms with van der Waals surface area (Å²) in [5, 5.41) is 14.5. The van der Waals surface area contributed by atoms with Gasteiger partial charge in [0.25, 0.3) is 0 Å². The summed E-state index contributed by atoms with van der Waals surface area (Å²) in [6.45, 7) is 0. The van der Waals surface area contributed by atoms with Crippen LogP contribution in [0.15, 0.2) is 23.5 Å². The number of aliphatic carboxylic acids is 1. The number of amides is 1. The van der Waals surface area contributed by atoms with Gasteiger partial charge in [0, 0.05) is 6.20 Å². The molecule has 0 atom stereocenters. The number of hydrogen-bond acceptors (Lipinski definition) is 5. The first-order chi connectivity index (χ1) is 7.70. The van der Waals surface area contributed by atoms with Crippen molar-refractivity contribution < 1.29 is 19.5 Å². The number of hydrogen-bond donors (Lipinski definition) is 2. The molecule has 84 valence electrons. The van der Waals surface area contributed by atoms with Crippen LogP contribution in [0.25, 0.3) is 0 Å². The molecule has 0 aliphatic heterocycles. The van der Waals surface area contributed by atoms with Crippen molar-refractivity contribution in [2.75, 3.05) is 12.4 Å². The number of nitrogens with zero attached hydrogens (tertiary/aromatic N) is 2. The van der Waals surface area contributed by atoms with E-state index in [1.54, 1.807) is 0 Å². The zero-order chi connectivity index (χ0) is 12.0. The number of carboxylic acid groups (broad SMARTS) is 1. The summed E-state index contributed by atoms with van der Waals surface area (Å²) in [5.74, 6) is -1.17. The molecule has 2 N–H and O–H groups in total. The van der Waals surface area contributed by atoms with Crippen molar-refractivity contribution in [1.29, 1.82) is 0 Å². The highest BCUT2D eigenvalue weighted by Crippen LogP contribution is 2.12. The summed E-state index contributed by atoms with van der Waals surface area (Å²) in [5.41, 5.74) is -0.163. The minimum absolute atomic E-state index is 0.107. The third-order valence-electron chi connectivity index (χ3n) is 1.64. The summed E-state index contributed by atoms with van der Waals surface area (Å²) in [7, 11) is 1.23. The van der Waals surface area contributed by atoms with Gasteiger partial charge in [-0.05, 0) is 12.1 Å². The fourth-order valence-corrected chi connectivity index (χ4v) is 1.06. The second kappa shape index (κ2) is 5.44. The van der Waals surface area contributed by atoms with Gasteiger partial charge >= 0.3 is 5.97 Å². The standard InChI is InChI=1S/C9H9N3O4/c1-16-12-7(9(14)15)6-3-2-4-10-8(6)11-5-13/h2-5H,1H3,(H,14,15)(H,10,11,13). The van der Waals surface area contributed by atoms with E-state index < -0.39 is 5.97 Å². The van der Waals surface area contributed by atoms with Gasteiger partial charge in [0.05, 0.1) is 5.56 Å². The number of rotatable bonds is 5. The Morgan fingerprint density at radius 2 is 2.44 bits per heavy atom. The van der Waals surface area contributed by atoms with E-state index in [2.05, 4.69) is 20.3 Å². The average molecular weight is 223 g/mol. The Hall–Kier alpha value is -2.44. The fourth-order valence-electron chi connectivity index (χ4n) is 1.06. The average Bonchev–Trinajstić information content (AvgIpc) is 2.27. The molecule has 0 radical (unpaired) electrons. The number of carbonyl (C=O) groups excluding carboxylic acids is 1. The van der Waals surface area contributed by atoms with Gasteiger partial charge in [-0.2, -0.15) is 0 Å². The molecule has 7 nitrogen and oxygen atoms in total. The van der Waals surface area contributed by atoms with E-state index in [4.69, 9.17) is 5.11 Å². The predicted octanol–water partition coefficient (Wildman–Crippen LogP) is 0.0850. The number of nitrogens with one attached hydrogen (secondary N) is 1. The fraction of sp³-hybridized carbons (Fsp3) is 0.111. The smallest absolute Gasteiger partial charge is 0.358 e. The lowest BCUT2D eigenvalue weighted by atomic mass is 10.1. The zero-order valence-electron chi connectivity index (χ0n) is 8.38. The summed E-state index contributed by atoms with van der Waals surface area (Å²) in [6.07, 6.45) is 1.82. The highest BCUT2D eigenvalue weighted by atomic mass is 16.6. The van der Waals surface area contributed by atoms with Gasteiger partial charge in [-0.15, -0.1) is 0 Å². The van der Waals surface area contributed by atoms with Crippen LogP contribution in [0.1, 0.15) is 5.56 Å². The molecule has 1 amide bonds. The van der Waals surface area contributed by atoms with Gasteiger partial charge in [-0.25, -0.2) is 9.78 Å². The normalized spacial score (nSPS) is 10.7. The Labute approximate surface area is 90.7 Å². The molecule has 0 saturated carbocycles. The molecule has 1 aromatic heterocycles. The summed E-state index contributed by atoms with van der Waals surface area (Å²) in [4.78, 5) is 29.4. The quantitative estimate of drug-likeness (QED) is 0.418. The monoisotopic (exact) mass is 223 g/mol. The van der Waals surface area contributed by atoms with Gasteiger partial charge in [0.1, 0.15) is 12.9 Å². The third kappa shape index (κ3) is 2.53. The van der Waals surface area contributed by atoms with Crippen LogP contribution in [0.3, 0.4) is 0 Å². The minimum atomic E-state index is -1.27. The van der Waals surface area contributed by atoms with Crippen molar-refractivity contribution in [2.24, 2.45) is 5.16 Å². The SMILES string of the molecule is CON=C(C(=O)O)c1cccnc1NC=O. The third-order valence-corrected chi connectivity index (χ3v) is 1.64. The van der Waals surface area contributed by atoms with Gasteiger partial charge in [0.2, 0.25) is 6.41 Å². The van der Waals surface area contributed by atoms with Crippen molar-refractivity contribution >= 4 is 23.9 Å². The molecule has 0 bridgehead atoms. The van der Waals surface area contributed by atoms with E-state index in [9.17, 15) is 9.59 Å². The minimum Gasteiger partial charge on any atom is -0.476 e. The van der Waals surface area contributed by atoms with E-state index >= 15 is 0 Å². The Morgan fingerprint density at radius 3 is 3.00 bits per heavy atom. The number of pyridine rings is 1. The second-order valence-electron chi connectivity index (χ2n) is 2.59. The number of anilines is 1. The molecule has 16 heavy (non-hydrogen) atoms. The van der Waals surface area contributed by atoms with Gasteiger partial charge in [0.15, 0.2) is 5.71 Å². The Balaban J connectivity index is 3.23. The molecule has 0 fully saturated rings. The van der Waals surface area contributed by atoms with Crippen LogP contribution < -0.4 is 5.32 Å². The lowest BCUT2D eigenvalue weighted by Gasteiger charge is -2.05. The first-order valence-corrected chi connectivity index (χ1v) is 4.20. The molecular weight excluding hydrogens is 214 g/mol. The van der Waals surface area contributed by atoms with Gasteiger partial charge in [-0.1, -0.05) is 5.16 Å². The van der Waals surface area contributed by atoms with Crippen molar-refractivity contribution in [2.45, 2.75) is 0 Å². The van der Waals surface area contributed by atoms with E-state index in [1.165, 1.54) is 25.4 Å². The van der Waals surface area contributed by atoms with E-state index in [0.717, 1.165) is 0 Å². The number of oxime groups is 1. The van der Waals surface area contributed by atoms with Crippen LogP contribution >= 0.6 is 0 Å². The molecule has 0 spiro atoms. The molecule has 0 unspecified atom stereocenters. The predicted molar refractivity (Wildman–Crippen MR) is 55.1 cm³/mol. The maximum absolute atomic E-state index is 10.9. The van der Waals surface area contributed by atoms with Gasteiger partial charge in [-0.3, -0.25) is 4.79 Å². The van der Waals surface area contributed by atoms with Crippen molar-refractivity contribution in [1.82, 2.24) is 4.98 Å². The number of carbonyl (C=O) groups is 2. The molecule has 1 rings (SSSR count). The van der Waals surface area contributed by atoms with Crippen LogP contribution in [-0.2, 0) is 14.4 Å². The lowest BCUT2D eigenvalue weighted by Crippen LogP contribution is -2.17. The van der Waals surface area contributed by atoms with E-state index in [-0.39, 0.29) is 17.1 Å². The largest absolute Gasteiger partial charge is 0.476 e. The van der Waals surface area contributed by atoms with E-state index in [1.807, 2.05) is 0 Å². The van der Waals surface area contributed by atoms with Gasteiger partial charge < -0.3 is 15.3 Å². The molecule has 0 saturated heterocycles. The highest BCUT2D eigenvalue weighted by Gasteiger charge is 2.17. The van der Waals surface area contributed by atoms with Crippen molar-refractivity contribution in [3.63, 3.8) is 0 Å². The summed E-state index contributed by atoms with van der Waals surface area (Å²) >= 11 is 0. The molecule has 7 heteroatoms. The van der Waals surface area contributed by atoms with Crippen LogP contribution in [-0.4, -0.2) is 35.3 Å². The Kier molecular flexibility index (Phi) is 3.96. The van der Waals surface area contributed by atoms with Crippen LogP contribution in [0.5, 0.6) is 0 Å². The first-order valence-electron chi connectivity index (χ1n) is 4.20. The Bertz CT molecular complexity index is 431. The molecule has 0 aliphatic rings. The van der Waals surface area contributed by atoms with E-state index in [0.29, 0.717) is 6.41 Å². The maximum atomic E-state index is 10.9.